The lowest BCUT2D eigenvalue weighted by Crippen LogP contribution is -2.11. The second-order valence-corrected chi connectivity index (χ2v) is 4.10. The first-order valence-electron chi connectivity index (χ1n) is 5.34. The van der Waals surface area contributed by atoms with Crippen molar-refractivity contribution in [1.82, 2.24) is 9.55 Å². The maximum Gasteiger partial charge on any atom is 0.176 e. The fraction of sp³-hybridized carbons (Fsp3) is 0.417. The minimum absolute atomic E-state index is 0.398. The summed E-state index contributed by atoms with van der Waals surface area (Å²) >= 11 is 0. The Hall–Kier alpha value is -1.55. The van der Waals surface area contributed by atoms with Crippen LogP contribution in [0.5, 0.6) is 0 Å². The van der Waals surface area contributed by atoms with Crippen LogP contribution in [0.15, 0.2) is 22.9 Å². The van der Waals surface area contributed by atoms with E-state index in [-0.39, 0.29) is 0 Å². The first-order chi connectivity index (χ1) is 7.58. The van der Waals surface area contributed by atoms with E-state index in [0.717, 1.165) is 22.9 Å². The van der Waals surface area contributed by atoms with E-state index in [1.807, 2.05) is 30.7 Å². The van der Waals surface area contributed by atoms with Gasteiger partial charge in [-0.2, -0.15) is 0 Å². The highest BCUT2D eigenvalue weighted by molar-refractivity contribution is 5.50. The van der Waals surface area contributed by atoms with Gasteiger partial charge in [0.25, 0.3) is 0 Å². The lowest BCUT2D eigenvalue weighted by molar-refractivity contribution is 0.174. The lowest BCUT2D eigenvalue weighted by atomic mass is 10.3. The number of furan rings is 1. The fourth-order valence-corrected chi connectivity index (χ4v) is 1.65. The molecule has 0 saturated carbocycles. The van der Waals surface area contributed by atoms with E-state index >= 15 is 0 Å². The van der Waals surface area contributed by atoms with Crippen molar-refractivity contribution in [2.75, 3.05) is 0 Å². The summed E-state index contributed by atoms with van der Waals surface area (Å²) in [6.45, 7) is 6.21. The van der Waals surface area contributed by atoms with Crippen LogP contribution in [0, 0.1) is 13.8 Å². The largest absolute Gasteiger partial charge is 0.458 e. The monoisotopic (exact) mass is 220 g/mol. The zero-order valence-electron chi connectivity index (χ0n) is 9.77. The van der Waals surface area contributed by atoms with Crippen LogP contribution >= 0.6 is 0 Å². The highest BCUT2D eigenvalue weighted by Gasteiger charge is 2.12. The summed E-state index contributed by atoms with van der Waals surface area (Å²) < 4.78 is 7.51. The molecule has 2 heterocycles. The third-order valence-corrected chi connectivity index (χ3v) is 2.56. The molecule has 0 aromatic carbocycles. The number of aryl methyl sites for hydroxylation is 2. The number of nitrogens with zero attached hydrogens (tertiary/aromatic N) is 2. The third-order valence-electron chi connectivity index (χ3n) is 2.56. The maximum atomic E-state index is 9.38. The Morgan fingerprint density at radius 3 is 2.81 bits per heavy atom. The number of aliphatic hydroxyl groups is 1. The van der Waals surface area contributed by atoms with Gasteiger partial charge in [-0.05, 0) is 32.4 Å². The van der Waals surface area contributed by atoms with Crippen molar-refractivity contribution in [2.24, 2.45) is 0 Å². The molecule has 0 spiro atoms. The number of aliphatic hydroxyl groups excluding tert-OH is 1. The number of hydrogen-bond donors (Lipinski definition) is 1. The van der Waals surface area contributed by atoms with Gasteiger partial charge in [-0.15, -0.1) is 0 Å². The molecule has 0 bridgehead atoms. The topological polar surface area (TPSA) is 51.2 Å². The quantitative estimate of drug-likeness (QED) is 0.862. The Labute approximate surface area is 94.5 Å². The SMILES string of the molecule is Cc1cc(-c2nccn2CC(C)O)oc1C. The average Bonchev–Trinajstić information content (AvgIpc) is 2.74. The molecule has 2 aromatic rings. The second kappa shape index (κ2) is 4.14. The van der Waals surface area contributed by atoms with Crippen LogP contribution in [0.2, 0.25) is 0 Å². The Morgan fingerprint density at radius 2 is 2.25 bits per heavy atom. The number of hydrogen-bond acceptors (Lipinski definition) is 3. The van der Waals surface area contributed by atoms with Gasteiger partial charge in [0.2, 0.25) is 0 Å². The first kappa shape index (κ1) is 11.0. The Balaban J connectivity index is 2.36. The third kappa shape index (κ3) is 2.02. The first-order valence-corrected chi connectivity index (χ1v) is 5.34. The minimum atomic E-state index is -0.398. The summed E-state index contributed by atoms with van der Waals surface area (Å²) in [5, 5.41) is 9.38. The highest BCUT2D eigenvalue weighted by Crippen LogP contribution is 2.23. The fourth-order valence-electron chi connectivity index (χ4n) is 1.65. The Morgan fingerprint density at radius 1 is 1.50 bits per heavy atom. The lowest BCUT2D eigenvalue weighted by Gasteiger charge is -2.07. The van der Waals surface area contributed by atoms with Gasteiger partial charge >= 0.3 is 0 Å². The van der Waals surface area contributed by atoms with E-state index in [9.17, 15) is 5.11 Å². The van der Waals surface area contributed by atoms with Crippen LogP contribution in [0.4, 0.5) is 0 Å². The van der Waals surface area contributed by atoms with E-state index in [4.69, 9.17) is 4.42 Å². The van der Waals surface area contributed by atoms with Crippen LogP contribution < -0.4 is 0 Å². The maximum absolute atomic E-state index is 9.38. The van der Waals surface area contributed by atoms with Crippen molar-refractivity contribution >= 4 is 0 Å². The molecule has 0 aliphatic rings. The van der Waals surface area contributed by atoms with E-state index in [2.05, 4.69) is 4.98 Å². The van der Waals surface area contributed by atoms with Crippen molar-refractivity contribution in [3.05, 3.63) is 29.8 Å². The van der Waals surface area contributed by atoms with Gasteiger partial charge in [0.1, 0.15) is 5.76 Å². The predicted octanol–water partition coefficient (Wildman–Crippen LogP) is 2.14. The average molecular weight is 220 g/mol. The number of imidazole rings is 1. The van der Waals surface area contributed by atoms with Crippen molar-refractivity contribution in [1.29, 1.82) is 0 Å². The molecule has 4 heteroatoms. The molecule has 0 amide bonds. The van der Waals surface area contributed by atoms with E-state index in [1.54, 1.807) is 13.1 Å². The van der Waals surface area contributed by atoms with Crippen LogP contribution in [-0.2, 0) is 6.54 Å². The van der Waals surface area contributed by atoms with Crippen LogP contribution in [-0.4, -0.2) is 20.8 Å². The molecule has 1 unspecified atom stereocenters. The summed E-state index contributed by atoms with van der Waals surface area (Å²) in [6, 6.07) is 1.97. The standard InChI is InChI=1S/C12H16N2O2/c1-8-6-11(16-10(8)3)12-13-4-5-14(12)7-9(2)15/h4-6,9,15H,7H2,1-3H3. The van der Waals surface area contributed by atoms with Gasteiger partial charge in [-0.25, -0.2) is 4.98 Å². The van der Waals surface area contributed by atoms with Crippen molar-refractivity contribution in [3.63, 3.8) is 0 Å². The van der Waals surface area contributed by atoms with E-state index in [0.29, 0.717) is 6.54 Å². The van der Waals surface area contributed by atoms with E-state index < -0.39 is 6.10 Å². The van der Waals surface area contributed by atoms with Crippen LogP contribution in [0.1, 0.15) is 18.2 Å². The zero-order chi connectivity index (χ0) is 11.7. The summed E-state index contributed by atoms with van der Waals surface area (Å²) in [7, 11) is 0. The van der Waals surface area contributed by atoms with Gasteiger partial charge in [0, 0.05) is 18.9 Å². The smallest absolute Gasteiger partial charge is 0.176 e. The highest BCUT2D eigenvalue weighted by atomic mass is 16.3. The molecule has 0 radical (unpaired) electrons. The predicted molar refractivity (Wildman–Crippen MR) is 61.1 cm³/mol. The molecular weight excluding hydrogens is 204 g/mol. The molecule has 4 nitrogen and oxygen atoms in total. The van der Waals surface area contributed by atoms with Gasteiger partial charge in [-0.3, -0.25) is 0 Å². The number of aromatic nitrogens is 2. The normalized spacial score (nSPS) is 13.0. The van der Waals surface area contributed by atoms with Crippen LogP contribution in [0.3, 0.4) is 0 Å². The summed E-state index contributed by atoms with van der Waals surface area (Å²) in [4.78, 5) is 4.25. The minimum Gasteiger partial charge on any atom is -0.458 e. The molecule has 86 valence electrons. The summed E-state index contributed by atoms with van der Waals surface area (Å²) in [5.74, 6) is 2.42. The Bertz CT molecular complexity index is 463. The van der Waals surface area contributed by atoms with E-state index in [1.165, 1.54) is 0 Å². The molecule has 0 aliphatic heterocycles. The molecule has 0 aliphatic carbocycles. The van der Waals surface area contributed by atoms with Gasteiger partial charge in [0.15, 0.2) is 11.6 Å². The molecule has 0 saturated heterocycles. The molecule has 2 rings (SSSR count). The summed E-state index contributed by atoms with van der Waals surface area (Å²) in [6.07, 6.45) is 3.16. The zero-order valence-corrected chi connectivity index (χ0v) is 9.77. The van der Waals surface area contributed by atoms with Crippen molar-refractivity contribution in [2.45, 2.75) is 33.4 Å². The van der Waals surface area contributed by atoms with Gasteiger partial charge < -0.3 is 14.1 Å². The molecule has 16 heavy (non-hydrogen) atoms. The Kier molecular flexibility index (Phi) is 2.83. The van der Waals surface area contributed by atoms with Crippen molar-refractivity contribution < 1.29 is 9.52 Å². The van der Waals surface area contributed by atoms with Crippen LogP contribution in [0.25, 0.3) is 11.6 Å². The number of rotatable bonds is 3. The van der Waals surface area contributed by atoms with Gasteiger partial charge in [-0.1, -0.05) is 0 Å². The summed E-state index contributed by atoms with van der Waals surface area (Å²) in [5.41, 5.74) is 1.11. The van der Waals surface area contributed by atoms with Gasteiger partial charge in [0.05, 0.1) is 6.10 Å². The molecule has 0 fully saturated rings. The molecule has 1 N–H and O–H groups in total. The second-order valence-electron chi connectivity index (χ2n) is 4.10. The molecule has 1 atom stereocenters. The molecular formula is C12H16N2O2. The molecule has 2 aromatic heterocycles. The van der Waals surface area contributed by atoms with Crippen molar-refractivity contribution in [3.8, 4) is 11.6 Å².